The Kier molecular flexibility index (Phi) is 8.35. The molecule has 1 aromatic heterocycles. The van der Waals surface area contributed by atoms with Crippen molar-refractivity contribution in [1.29, 1.82) is 0 Å². The largest absolute Gasteiger partial charge is 0.441 e. The third kappa shape index (κ3) is 6.71. The van der Waals surface area contributed by atoms with Crippen molar-refractivity contribution in [1.82, 2.24) is 5.16 Å². The maximum absolute atomic E-state index is 12.6. The lowest BCUT2D eigenvalue weighted by atomic mass is 9.95. The first kappa shape index (κ1) is 27.2. The van der Waals surface area contributed by atoms with Gasteiger partial charge in [0.15, 0.2) is 5.76 Å². The number of rotatable bonds is 6. The number of anilines is 1. The van der Waals surface area contributed by atoms with Crippen molar-refractivity contribution >= 4 is 11.8 Å². The fraction of sp³-hybridized carbons (Fsp3) is 0.333. The van der Waals surface area contributed by atoms with E-state index < -0.39 is 6.09 Å². The van der Waals surface area contributed by atoms with Crippen LogP contribution < -0.4 is 5.32 Å². The Balaban J connectivity index is 0.000000786. The average molecular weight is 511 g/mol. The first-order chi connectivity index (χ1) is 18.2. The molecule has 5 heteroatoms. The number of benzene rings is 3. The maximum Gasteiger partial charge on any atom is 0.412 e. The number of nitrogens with zero attached hydrogens (tertiary/aromatic N) is 1. The smallest absolute Gasteiger partial charge is 0.412 e. The van der Waals surface area contributed by atoms with Crippen LogP contribution in [-0.4, -0.2) is 11.2 Å². The van der Waals surface area contributed by atoms with E-state index in [9.17, 15) is 4.79 Å². The summed E-state index contributed by atoms with van der Waals surface area (Å²) in [4.78, 5) is 12.6. The molecule has 38 heavy (non-hydrogen) atoms. The van der Waals surface area contributed by atoms with Gasteiger partial charge in [-0.1, -0.05) is 112 Å². The maximum atomic E-state index is 12.6. The van der Waals surface area contributed by atoms with Gasteiger partial charge in [0.2, 0.25) is 0 Å². The highest BCUT2D eigenvalue weighted by atomic mass is 16.6. The van der Waals surface area contributed by atoms with Gasteiger partial charge in [0.1, 0.15) is 17.5 Å². The Hall–Kier alpha value is -3.86. The molecule has 1 atom stereocenters. The highest BCUT2D eigenvalue weighted by molar-refractivity contribution is 5.91. The van der Waals surface area contributed by atoms with E-state index in [2.05, 4.69) is 74.6 Å². The number of carbonyl (C=O) groups is 1. The van der Waals surface area contributed by atoms with Gasteiger partial charge in [-0.3, -0.25) is 5.32 Å². The molecule has 1 unspecified atom stereocenters. The number of ether oxygens (including phenoxy) is 1. The van der Waals surface area contributed by atoms with Gasteiger partial charge in [0.05, 0.1) is 0 Å². The predicted octanol–water partition coefficient (Wildman–Crippen LogP) is 9.34. The number of aromatic nitrogens is 1. The highest BCUT2D eigenvalue weighted by Gasteiger charge is 2.38. The summed E-state index contributed by atoms with van der Waals surface area (Å²) >= 11 is 0. The molecule has 1 amide bonds. The molecule has 0 aliphatic heterocycles. The molecule has 1 N–H and O–H groups in total. The molecular formula is C33H38N2O3. The minimum absolute atomic E-state index is 0.371. The molecule has 4 aromatic rings. The Morgan fingerprint density at radius 3 is 1.95 bits per heavy atom. The van der Waals surface area contributed by atoms with Gasteiger partial charge < -0.3 is 9.26 Å². The molecule has 1 aliphatic carbocycles. The summed E-state index contributed by atoms with van der Waals surface area (Å²) < 4.78 is 11.1. The van der Waals surface area contributed by atoms with E-state index in [1.807, 2.05) is 49.4 Å². The van der Waals surface area contributed by atoms with Gasteiger partial charge in [0.25, 0.3) is 0 Å². The van der Waals surface area contributed by atoms with E-state index in [0.29, 0.717) is 22.6 Å². The van der Waals surface area contributed by atoms with Crippen LogP contribution in [0.1, 0.15) is 70.4 Å². The zero-order valence-corrected chi connectivity index (χ0v) is 23.2. The second-order valence-corrected chi connectivity index (χ2v) is 11.0. The molecule has 0 spiro atoms. The summed E-state index contributed by atoms with van der Waals surface area (Å²) in [5.74, 6) is 1.34. The van der Waals surface area contributed by atoms with E-state index in [0.717, 1.165) is 22.6 Å². The number of nitrogens with one attached hydrogen (secondary N) is 1. The Bertz CT molecular complexity index is 1330. The summed E-state index contributed by atoms with van der Waals surface area (Å²) in [7, 11) is 0. The van der Waals surface area contributed by atoms with E-state index in [-0.39, 0.29) is 6.10 Å². The topological polar surface area (TPSA) is 64.4 Å². The van der Waals surface area contributed by atoms with Crippen LogP contribution in [-0.2, 0) is 10.2 Å². The van der Waals surface area contributed by atoms with Gasteiger partial charge in [-0.2, -0.15) is 0 Å². The zero-order chi connectivity index (χ0) is 27.3. The molecule has 0 saturated heterocycles. The third-order valence-corrected chi connectivity index (χ3v) is 6.70. The van der Waals surface area contributed by atoms with Crippen molar-refractivity contribution < 1.29 is 14.1 Å². The van der Waals surface area contributed by atoms with Crippen molar-refractivity contribution in [3.05, 3.63) is 95.7 Å². The highest BCUT2D eigenvalue weighted by Crippen LogP contribution is 2.47. The molecule has 3 aromatic carbocycles. The van der Waals surface area contributed by atoms with Crippen molar-refractivity contribution in [3.63, 3.8) is 0 Å². The Morgan fingerprint density at radius 2 is 1.39 bits per heavy atom. The molecule has 5 rings (SSSR count). The normalized spacial score (nSPS) is 14.3. The molecule has 1 saturated carbocycles. The number of hydrogen-bond acceptors (Lipinski definition) is 4. The number of amides is 1. The van der Waals surface area contributed by atoms with Gasteiger partial charge in [0, 0.05) is 5.56 Å². The molecule has 0 radical (unpaired) electrons. The lowest BCUT2D eigenvalue weighted by molar-refractivity contribution is 0.121. The van der Waals surface area contributed by atoms with Gasteiger partial charge in [-0.25, -0.2) is 4.79 Å². The van der Waals surface area contributed by atoms with Crippen LogP contribution in [0.4, 0.5) is 10.5 Å². The SMILES string of the molecule is CC(C)C.Cc1noc(-c2ccc(-c3ccc(C4(C)CC4)cc3)cc2)c1NC(=O)OC(C)c1ccccc1. The fourth-order valence-electron chi connectivity index (χ4n) is 4.15. The number of hydrogen-bond donors (Lipinski definition) is 1. The van der Waals surface area contributed by atoms with Crippen LogP contribution in [0.2, 0.25) is 0 Å². The summed E-state index contributed by atoms with van der Waals surface area (Å²) in [6.07, 6.45) is 1.61. The monoisotopic (exact) mass is 510 g/mol. The van der Waals surface area contributed by atoms with Crippen LogP contribution in [0.5, 0.6) is 0 Å². The van der Waals surface area contributed by atoms with Crippen LogP contribution in [0.15, 0.2) is 83.4 Å². The summed E-state index contributed by atoms with van der Waals surface area (Å²) in [5, 5.41) is 6.87. The summed E-state index contributed by atoms with van der Waals surface area (Å²) in [6, 6.07) is 26.5. The van der Waals surface area contributed by atoms with Crippen molar-refractivity contribution in [3.8, 4) is 22.5 Å². The van der Waals surface area contributed by atoms with E-state index >= 15 is 0 Å². The molecule has 1 fully saturated rings. The first-order valence-electron chi connectivity index (χ1n) is 13.4. The number of aryl methyl sites for hydroxylation is 1. The lowest BCUT2D eigenvalue weighted by Crippen LogP contribution is -2.16. The molecule has 1 heterocycles. The minimum atomic E-state index is -0.551. The number of carbonyl (C=O) groups excluding carboxylic acids is 1. The van der Waals surface area contributed by atoms with Gasteiger partial charge in [-0.15, -0.1) is 0 Å². The first-order valence-corrected chi connectivity index (χ1v) is 13.4. The Labute approximate surface area is 226 Å². The fourth-order valence-corrected chi connectivity index (χ4v) is 4.15. The van der Waals surface area contributed by atoms with Gasteiger partial charge >= 0.3 is 6.09 Å². The molecule has 198 valence electrons. The third-order valence-electron chi connectivity index (χ3n) is 6.70. The van der Waals surface area contributed by atoms with Crippen LogP contribution in [0.25, 0.3) is 22.5 Å². The molecular weight excluding hydrogens is 472 g/mol. The van der Waals surface area contributed by atoms with Crippen molar-refractivity contribution in [2.45, 2.75) is 65.9 Å². The van der Waals surface area contributed by atoms with Crippen molar-refractivity contribution in [2.24, 2.45) is 5.92 Å². The van der Waals surface area contributed by atoms with Crippen LogP contribution >= 0.6 is 0 Å². The minimum Gasteiger partial charge on any atom is -0.441 e. The van der Waals surface area contributed by atoms with E-state index in [1.54, 1.807) is 6.92 Å². The quantitative estimate of drug-likeness (QED) is 0.281. The van der Waals surface area contributed by atoms with E-state index in [4.69, 9.17) is 9.26 Å². The van der Waals surface area contributed by atoms with Crippen LogP contribution in [0.3, 0.4) is 0 Å². The van der Waals surface area contributed by atoms with Crippen molar-refractivity contribution in [2.75, 3.05) is 5.32 Å². The summed E-state index contributed by atoms with van der Waals surface area (Å²) in [5.41, 5.74) is 6.94. The predicted molar refractivity (Wildman–Crippen MR) is 154 cm³/mol. The second kappa shape index (κ2) is 11.7. The second-order valence-electron chi connectivity index (χ2n) is 11.0. The molecule has 0 bridgehead atoms. The lowest BCUT2D eigenvalue weighted by Gasteiger charge is -2.14. The van der Waals surface area contributed by atoms with E-state index in [1.165, 1.54) is 24.0 Å². The Morgan fingerprint density at radius 1 is 0.868 bits per heavy atom. The standard InChI is InChI=1S/C29H28N2O3.C4H10/c1-19-26(30-28(32)33-20(2)21-7-5-4-6-8-21)27(34-31-19)24-11-9-22(10-12-24)23-13-15-25(16-14-23)29(3)17-18-29;1-4(2)3/h4-16,20H,17-18H2,1-3H3,(H,30,32);4H,1-3H3. The van der Waals surface area contributed by atoms with Gasteiger partial charge in [-0.05, 0) is 60.3 Å². The molecule has 1 aliphatic rings. The summed E-state index contributed by atoms with van der Waals surface area (Å²) in [6.45, 7) is 12.5. The van der Waals surface area contributed by atoms with Crippen LogP contribution in [0, 0.1) is 12.8 Å². The average Bonchev–Trinajstić information content (AvgIpc) is 3.57. The zero-order valence-electron chi connectivity index (χ0n) is 23.2. The molecule has 5 nitrogen and oxygen atoms in total.